The van der Waals surface area contributed by atoms with Crippen LogP contribution in [0.25, 0.3) is 0 Å². The van der Waals surface area contributed by atoms with Crippen LogP contribution in [-0.2, 0) is 5.41 Å². The van der Waals surface area contributed by atoms with E-state index in [9.17, 15) is 0 Å². The van der Waals surface area contributed by atoms with Gasteiger partial charge in [-0.2, -0.15) is 4.37 Å². The summed E-state index contributed by atoms with van der Waals surface area (Å²) in [6.07, 6.45) is 6.04. The Morgan fingerprint density at radius 1 is 1.22 bits per heavy atom. The molecule has 18 heavy (non-hydrogen) atoms. The van der Waals surface area contributed by atoms with Gasteiger partial charge in [-0.15, -0.1) is 11.6 Å². The SMILES string of the molecule is CC(C)(C)c1nsc(NC2CCCCCC2Cl)n1. The summed E-state index contributed by atoms with van der Waals surface area (Å²) in [7, 11) is 0. The van der Waals surface area contributed by atoms with E-state index >= 15 is 0 Å². The molecular formula is C13H22ClN3S. The van der Waals surface area contributed by atoms with Crippen LogP contribution in [-0.4, -0.2) is 20.8 Å². The Bertz CT molecular complexity index is 386. The molecule has 1 fully saturated rings. The molecule has 3 nitrogen and oxygen atoms in total. The molecule has 2 atom stereocenters. The van der Waals surface area contributed by atoms with Crippen molar-refractivity contribution < 1.29 is 0 Å². The van der Waals surface area contributed by atoms with Crippen molar-refractivity contribution in [2.75, 3.05) is 5.32 Å². The number of hydrogen-bond acceptors (Lipinski definition) is 4. The third-order valence-corrected chi connectivity index (χ3v) is 4.51. The van der Waals surface area contributed by atoms with Gasteiger partial charge >= 0.3 is 0 Å². The number of anilines is 1. The summed E-state index contributed by atoms with van der Waals surface area (Å²) in [5.74, 6) is 0.912. The van der Waals surface area contributed by atoms with Crippen LogP contribution in [0.3, 0.4) is 0 Å². The molecule has 0 amide bonds. The van der Waals surface area contributed by atoms with Gasteiger partial charge in [-0.1, -0.05) is 40.0 Å². The number of halogens is 1. The maximum atomic E-state index is 6.43. The van der Waals surface area contributed by atoms with Gasteiger partial charge in [0.2, 0.25) is 5.13 Å². The summed E-state index contributed by atoms with van der Waals surface area (Å²) < 4.78 is 4.43. The fourth-order valence-electron chi connectivity index (χ4n) is 2.17. The molecule has 1 aromatic heterocycles. The molecule has 0 aromatic carbocycles. The monoisotopic (exact) mass is 287 g/mol. The molecule has 2 rings (SSSR count). The largest absolute Gasteiger partial charge is 0.356 e. The lowest BCUT2D eigenvalue weighted by Gasteiger charge is -2.20. The molecule has 102 valence electrons. The predicted molar refractivity (Wildman–Crippen MR) is 78.7 cm³/mol. The quantitative estimate of drug-likeness (QED) is 0.655. The molecule has 1 aliphatic rings. The molecular weight excluding hydrogens is 266 g/mol. The number of hydrogen-bond donors (Lipinski definition) is 1. The van der Waals surface area contributed by atoms with Crippen LogP contribution in [0.2, 0.25) is 0 Å². The number of aromatic nitrogens is 2. The van der Waals surface area contributed by atoms with E-state index in [1.807, 2.05) is 0 Å². The molecule has 0 spiro atoms. The Morgan fingerprint density at radius 3 is 2.61 bits per heavy atom. The summed E-state index contributed by atoms with van der Waals surface area (Å²) in [5.41, 5.74) is 0.0141. The summed E-state index contributed by atoms with van der Waals surface area (Å²) in [6, 6.07) is 0.343. The zero-order valence-electron chi connectivity index (χ0n) is 11.4. The molecule has 0 radical (unpaired) electrons. The van der Waals surface area contributed by atoms with Crippen LogP contribution in [0.15, 0.2) is 0 Å². The second-order valence-electron chi connectivity index (χ2n) is 6.08. The van der Waals surface area contributed by atoms with Gasteiger partial charge in [-0.3, -0.25) is 0 Å². The number of rotatable bonds is 2. The van der Waals surface area contributed by atoms with E-state index in [4.69, 9.17) is 11.6 Å². The maximum Gasteiger partial charge on any atom is 0.202 e. The van der Waals surface area contributed by atoms with Crippen molar-refractivity contribution in [3.8, 4) is 0 Å². The van der Waals surface area contributed by atoms with Crippen LogP contribution >= 0.6 is 23.1 Å². The topological polar surface area (TPSA) is 37.8 Å². The van der Waals surface area contributed by atoms with Crippen molar-refractivity contribution in [1.29, 1.82) is 0 Å². The summed E-state index contributed by atoms with van der Waals surface area (Å²) in [5, 5.41) is 4.61. The summed E-state index contributed by atoms with van der Waals surface area (Å²) in [4.78, 5) is 4.58. The molecule has 1 heterocycles. The van der Waals surface area contributed by atoms with Gasteiger partial charge in [0.05, 0.1) is 5.38 Å². The first kappa shape index (κ1) is 14.1. The van der Waals surface area contributed by atoms with Crippen molar-refractivity contribution >= 4 is 28.3 Å². The Morgan fingerprint density at radius 2 is 1.94 bits per heavy atom. The van der Waals surface area contributed by atoms with Gasteiger partial charge in [-0.05, 0) is 12.8 Å². The normalized spacial score (nSPS) is 25.8. The Balaban J connectivity index is 2.02. The van der Waals surface area contributed by atoms with E-state index in [1.54, 1.807) is 0 Å². The van der Waals surface area contributed by atoms with Crippen LogP contribution in [0, 0.1) is 0 Å². The third kappa shape index (κ3) is 3.58. The highest BCUT2D eigenvalue weighted by Crippen LogP contribution is 2.28. The highest BCUT2D eigenvalue weighted by Gasteiger charge is 2.24. The van der Waals surface area contributed by atoms with Gasteiger partial charge in [-0.25, -0.2) is 4.98 Å². The minimum atomic E-state index is 0.0141. The summed E-state index contributed by atoms with van der Waals surface area (Å²) in [6.45, 7) is 6.40. The highest BCUT2D eigenvalue weighted by molar-refractivity contribution is 7.09. The lowest BCUT2D eigenvalue weighted by Crippen LogP contribution is -2.28. The molecule has 1 aliphatic carbocycles. The first-order valence-electron chi connectivity index (χ1n) is 6.71. The average Bonchev–Trinajstić information content (AvgIpc) is 2.66. The molecule has 2 unspecified atom stereocenters. The van der Waals surface area contributed by atoms with Crippen molar-refractivity contribution in [2.45, 2.75) is 69.7 Å². The van der Waals surface area contributed by atoms with Gasteiger partial charge in [0.25, 0.3) is 0 Å². The number of alkyl halides is 1. The van der Waals surface area contributed by atoms with E-state index < -0.39 is 0 Å². The third-order valence-electron chi connectivity index (χ3n) is 3.34. The van der Waals surface area contributed by atoms with Crippen molar-refractivity contribution in [3.05, 3.63) is 5.82 Å². The van der Waals surface area contributed by atoms with E-state index in [0.29, 0.717) is 6.04 Å². The maximum absolute atomic E-state index is 6.43. The lowest BCUT2D eigenvalue weighted by molar-refractivity contribution is 0.554. The lowest BCUT2D eigenvalue weighted by atomic mass is 9.96. The van der Waals surface area contributed by atoms with E-state index in [2.05, 4.69) is 35.4 Å². The Kier molecular flexibility index (Phi) is 4.49. The Hall–Kier alpha value is -0.350. The van der Waals surface area contributed by atoms with Crippen LogP contribution < -0.4 is 5.32 Å². The standard InChI is InChI=1S/C13H22ClN3S/c1-13(2,3)11-16-12(18-17-11)15-10-8-6-4-5-7-9(10)14/h9-10H,4-8H2,1-3H3,(H,15,16,17). The molecule has 0 saturated heterocycles. The molecule has 1 N–H and O–H groups in total. The second-order valence-corrected chi connectivity index (χ2v) is 7.39. The highest BCUT2D eigenvalue weighted by atomic mass is 35.5. The second kappa shape index (κ2) is 5.74. The van der Waals surface area contributed by atoms with Gasteiger partial charge in [0.1, 0.15) is 5.82 Å². The van der Waals surface area contributed by atoms with Crippen molar-refractivity contribution in [1.82, 2.24) is 9.36 Å². The Labute approximate surface area is 119 Å². The first-order valence-corrected chi connectivity index (χ1v) is 7.92. The molecule has 0 aliphatic heterocycles. The first-order chi connectivity index (χ1) is 8.47. The van der Waals surface area contributed by atoms with Crippen LogP contribution in [0.1, 0.15) is 58.7 Å². The average molecular weight is 288 g/mol. The fourth-order valence-corrected chi connectivity index (χ4v) is 3.33. The van der Waals surface area contributed by atoms with E-state index in [0.717, 1.165) is 23.8 Å². The van der Waals surface area contributed by atoms with Gasteiger partial charge in [0, 0.05) is 23.0 Å². The molecule has 0 bridgehead atoms. The van der Waals surface area contributed by atoms with Gasteiger partial charge < -0.3 is 5.32 Å². The van der Waals surface area contributed by atoms with Crippen LogP contribution in [0.5, 0.6) is 0 Å². The number of nitrogens with zero attached hydrogens (tertiary/aromatic N) is 2. The molecule has 5 heteroatoms. The van der Waals surface area contributed by atoms with Crippen LogP contribution in [0.4, 0.5) is 5.13 Å². The molecule has 1 aromatic rings. The predicted octanol–water partition coefficient (Wildman–Crippen LogP) is 4.19. The number of nitrogens with one attached hydrogen (secondary N) is 1. The summed E-state index contributed by atoms with van der Waals surface area (Å²) >= 11 is 7.88. The van der Waals surface area contributed by atoms with Crippen molar-refractivity contribution in [2.24, 2.45) is 0 Å². The zero-order chi connectivity index (χ0) is 13.2. The van der Waals surface area contributed by atoms with Gasteiger partial charge in [0.15, 0.2) is 0 Å². The zero-order valence-corrected chi connectivity index (χ0v) is 12.9. The fraction of sp³-hybridized carbons (Fsp3) is 0.846. The van der Waals surface area contributed by atoms with E-state index in [-0.39, 0.29) is 10.8 Å². The smallest absolute Gasteiger partial charge is 0.202 e. The van der Waals surface area contributed by atoms with E-state index in [1.165, 1.54) is 30.8 Å². The minimum absolute atomic E-state index is 0.0141. The minimum Gasteiger partial charge on any atom is -0.356 e. The van der Waals surface area contributed by atoms with Crippen molar-refractivity contribution in [3.63, 3.8) is 0 Å². The molecule has 1 saturated carbocycles.